The molecule has 0 amide bonds. The number of ether oxygens (including phenoxy) is 2. The predicted molar refractivity (Wildman–Crippen MR) is 103 cm³/mol. The van der Waals surface area contributed by atoms with Crippen molar-refractivity contribution in [2.24, 2.45) is 5.92 Å². The zero-order chi connectivity index (χ0) is 20.4. The van der Waals surface area contributed by atoms with Gasteiger partial charge in [0.1, 0.15) is 12.0 Å². The molecular formula is C21H23ClO5. The van der Waals surface area contributed by atoms with E-state index in [1.54, 1.807) is 6.08 Å². The summed E-state index contributed by atoms with van der Waals surface area (Å²) in [5.74, 6) is -1.24. The van der Waals surface area contributed by atoms with E-state index < -0.39 is 23.1 Å². The van der Waals surface area contributed by atoms with Crippen LogP contribution in [0.15, 0.2) is 58.1 Å². The summed E-state index contributed by atoms with van der Waals surface area (Å²) in [6, 6.07) is 0. The van der Waals surface area contributed by atoms with Crippen LogP contribution < -0.4 is 0 Å². The maximum Gasteiger partial charge on any atom is 0.304 e. The Kier molecular flexibility index (Phi) is 6.26. The molecule has 0 aromatic carbocycles. The summed E-state index contributed by atoms with van der Waals surface area (Å²) >= 11 is 6.20. The summed E-state index contributed by atoms with van der Waals surface area (Å²) in [4.78, 5) is 36.6. The Morgan fingerprint density at radius 2 is 2.00 bits per heavy atom. The minimum atomic E-state index is -1.97. The third-order valence-electron chi connectivity index (χ3n) is 4.49. The third-order valence-corrected chi connectivity index (χ3v) is 4.86. The molecule has 27 heavy (non-hydrogen) atoms. The maximum absolute atomic E-state index is 12.7. The van der Waals surface area contributed by atoms with Crippen LogP contribution in [0.5, 0.6) is 0 Å². The topological polar surface area (TPSA) is 69.7 Å². The van der Waals surface area contributed by atoms with Gasteiger partial charge in [0, 0.05) is 12.5 Å². The van der Waals surface area contributed by atoms with Gasteiger partial charge in [0.2, 0.25) is 17.2 Å². The van der Waals surface area contributed by atoms with Crippen LogP contribution >= 0.6 is 11.6 Å². The van der Waals surface area contributed by atoms with Crippen LogP contribution in [0.3, 0.4) is 0 Å². The van der Waals surface area contributed by atoms with Crippen LogP contribution in [0.25, 0.3) is 0 Å². The first-order valence-electron chi connectivity index (χ1n) is 8.74. The number of carbonyl (C=O) groups excluding carboxylic acids is 3. The normalized spacial score (nSPS) is 24.3. The third kappa shape index (κ3) is 4.30. The minimum absolute atomic E-state index is 0.104. The van der Waals surface area contributed by atoms with Crippen molar-refractivity contribution in [3.63, 3.8) is 0 Å². The van der Waals surface area contributed by atoms with E-state index >= 15 is 0 Å². The van der Waals surface area contributed by atoms with Gasteiger partial charge in [0.25, 0.3) is 0 Å². The molecule has 0 N–H and O–H groups in total. The van der Waals surface area contributed by atoms with E-state index in [1.807, 2.05) is 13.0 Å². The van der Waals surface area contributed by atoms with E-state index in [9.17, 15) is 14.4 Å². The molecule has 6 heteroatoms. The zero-order valence-corrected chi connectivity index (χ0v) is 16.8. The monoisotopic (exact) mass is 390 g/mol. The van der Waals surface area contributed by atoms with Crippen molar-refractivity contribution in [3.05, 3.63) is 58.1 Å². The highest BCUT2D eigenvalue weighted by Crippen LogP contribution is 2.38. The molecule has 2 rings (SSSR count). The quantitative estimate of drug-likeness (QED) is 0.397. The number of fused-ring (bicyclic) bond motifs is 1. The number of carbonyl (C=O) groups is 3. The molecule has 2 atom stereocenters. The summed E-state index contributed by atoms with van der Waals surface area (Å²) in [5.41, 5.74) is -0.529. The molecule has 1 aliphatic carbocycles. The molecule has 5 nitrogen and oxygen atoms in total. The summed E-state index contributed by atoms with van der Waals surface area (Å²) in [7, 11) is 0. The molecule has 144 valence electrons. The SMILES string of the molecule is CCC(C)/C=C(C)/C=C/C1=CC2=C(Cl)C(=O)[C@@](C)(OC(C)=O)C(=O)C2=CO1. The fourth-order valence-corrected chi connectivity index (χ4v) is 3.13. The number of allylic oxidation sites excluding steroid dienone is 6. The first kappa shape index (κ1) is 20.9. The number of rotatable bonds is 5. The fourth-order valence-electron chi connectivity index (χ4n) is 2.80. The van der Waals surface area contributed by atoms with E-state index in [2.05, 4.69) is 19.9 Å². The zero-order valence-electron chi connectivity index (χ0n) is 16.1. The van der Waals surface area contributed by atoms with Crippen molar-refractivity contribution in [1.29, 1.82) is 0 Å². The van der Waals surface area contributed by atoms with Crippen LogP contribution in [0.1, 0.15) is 41.0 Å². The predicted octanol–water partition coefficient (Wildman–Crippen LogP) is 4.30. The summed E-state index contributed by atoms with van der Waals surface area (Å²) in [6.07, 6.45) is 9.60. The lowest BCUT2D eigenvalue weighted by atomic mass is 9.80. The molecule has 0 saturated carbocycles. The van der Waals surface area contributed by atoms with Crippen LogP contribution in [0.4, 0.5) is 0 Å². The second-order valence-corrected chi connectivity index (χ2v) is 7.22. The molecule has 0 spiro atoms. The van der Waals surface area contributed by atoms with Crippen LogP contribution in [-0.4, -0.2) is 23.1 Å². The van der Waals surface area contributed by atoms with E-state index in [0.29, 0.717) is 11.7 Å². The van der Waals surface area contributed by atoms with Crippen molar-refractivity contribution in [3.8, 4) is 0 Å². The molecule has 1 heterocycles. The molecule has 0 aromatic rings. The molecule has 0 radical (unpaired) electrons. The Morgan fingerprint density at radius 3 is 2.59 bits per heavy atom. The smallest absolute Gasteiger partial charge is 0.304 e. The van der Waals surface area contributed by atoms with Crippen LogP contribution in [-0.2, 0) is 23.9 Å². The maximum atomic E-state index is 12.7. The Morgan fingerprint density at radius 1 is 1.33 bits per heavy atom. The molecule has 1 aliphatic heterocycles. The molecule has 0 bridgehead atoms. The fraction of sp³-hybridized carbons (Fsp3) is 0.381. The first-order valence-corrected chi connectivity index (χ1v) is 9.12. The molecule has 1 unspecified atom stereocenters. The molecule has 2 aliphatic rings. The van der Waals surface area contributed by atoms with Gasteiger partial charge in [-0.3, -0.25) is 14.4 Å². The molecule has 0 fully saturated rings. The lowest BCUT2D eigenvalue weighted by Gasteiger charge is -2.32. The van der Waals surface area contributed by atoms with Gasteiger partial charge < -0.3 is 9.47 Å². The average Bonchev–Trinajstić information content (AvgIpc) is 2.62. The second kappa shape index (κ2) is 8.09. The number of Topliss-reactive ketones (excluding diaryl/α,β-unsaturated/α-hetero) is 2. The van der Waals surface area contributed by atoms with Crippen molar-refractivity contribution in [2.75, 3.05) is 0 Å². The Balaban J connectivity index is 2.36. The Bertz CT molecular complexity index is 841. The Labute approximate surface area is 164 Å². The van der Waals surface area contributed by atoms with Crippen LogP contribution in [0.2, 0.25) is 0 Å². The average molecular weight is 391 g/mol. The van der Waals surface area contributed by atoms with Gasteiger partial charge in [-0.25, -0.2) is 0 Å². The van der Waals surface area contributed by atoms with Gasteiger partial charge in [0.15, 0.2) is 0 Å². The van der Waals surface area contributed by atoms with Gasteiger partial charge in [0.05, 0.1) is 10.6 Å². The second-order valence-electron chi connectivity index (χ2n) is 6.84. The summed E-state index contributed by atoms with van der Waals surface area (Å²) < 4.78 is 10.5. The first-order chi connectivity index (χ1) is 12.6. The number of hydrogen-bond acceptors (Lipinski definition) is 5. The standard InChI is InChI=1S/C21H23ClO5/c1-6-12(2)9-13(3)7-8-15-10-16-17(11-26-15)19(24)21(5,27-14(4)23)20(25)18(16)22/h7-12H,6H2,1-5H3/b8-7+,13-9+/t12?,21-/m0/s1. The van der Waals surface area contributed by atoms with Gasteiger partial charge >= 0.3 is 5.97 Å². The van der Waals surface area contributed by atoms with Crippen molar-refractivity contribution in [1.82, 2.24) is 0 Å². The van der Waals surface area contributed by atoms with Crippen molar-refractivity contribution in [2.45, 2.75) is 46.6 Å². The summed E-state index contributed by atoms with van der Waals surface area (Å²) in [5, 5.41) is -0.161. The number of hydrogen-bond donors (Lipinski definition) is 0. The van der Waals surface area contributed by atoms with Crippen molar-refractivity contribution >= 4 is 29.1 Å². The van der Waals surface area contributed by atoms with Gasteiger partial charge in [-0.1, -0.05) is 49.6 Å². The van der Waals surface area contributed by atoms with Gasteiger partial charge in [-0.15, -0.1) is 0 Å². The van der Waals surface area contributed by atoms with Gasteiger partial charge in [-0.05, 0) is 31.9 Å². The number of esters is 1. The van der Waals surface area contributed by atoms with E-state index in [-0.39, 0.29) is 16.2 Å². The van der Waals surface area contributed by atoms with E-state index in [1.165, 1.54) is 19.3 Å². The minimum Gasteiger partial charge on any atom is -0.464 e. The molecule has 0 saturated heterocycles. The highest BCUT2D eigenvalue weighted by molar-refractivity contribution is 6.49. The highest BCUT2D eigenvalue weighted by Gasteiger charge is 2.52. The number of ketones is 2. The van der Waals surface area contributed by atoms with E-state index in [4.69, 9.17) is 21.1 Å². The van der Waals surface area contributed by atoms with Crippen LogP contribution in [0, 0.1) is 5.92 Å². The lowest BCUT2D eigenvalue weighted by Crippen LogP contribution is -2.51. The summed E-state index contributed by atoms with van der Waals surface area (Å²) in [6.45, 7) is 8.60. The molecule has 0 aromatic heterocycles. The van der Waals surface area contributed by atoms with Crippen molar-refractivity contribution < 1.29 is 23.9 Å². The lowest BCUT2D eigenvalue weighted by molar-refractivity contribution is -0.167. The van der Waals surface area contributed by atoms with E-state index in [0.717, 1.165) is 18.9 Å². The van der Waals surface area contributed by atoms with Gasteiger partial charge in [-0.2, -0.15) is 0 Å². The Hall–Kier alpha value is -2.40. The highest BCUT2D eigenvalue weighted by atomic mass is 35.5. The largest absolute Gasteiger partial charge is 0.464 e. The number of halogens is 1. The molecular weight excluding hydrogens is 368 g/mol.